The second-order valence-corrected chi connectivity index (χ2v) is 11.1. The summed E-state index contributed by atoms with van der Waals surface area (Å²) in [5.74, 6) is 0. The van der Waals surface area contributed by atoms with Gasteiger partial charge in [-0.25, -0.2) is 0 Å². The van der Waals surface area contributed by atoms with Crippen molar-refractivity contribution in [3.8, 4) is 0 Å². The summed E-state index contributed by atoms with van der Waals surface area (Å²) in [7, 11) is 0. The fourth-order valence-corrected chi connectivity index (χ4v) is 5.53. The van der Waals surface area contributed by atoms with Crippen molar-refractivity contribution in [1.82, 2.24) is 0 Å². The Kier molecular flexibility index (Phi) is 12.8. The Morgan fingerprint density at radius 3 is 1.22 bits per heavy atom. The molecule has 0 bridgehead atoms. The van der Waals surface area contributed by atoms with Gasteiger partial charge in [-0.05, 0) is 0 Å². The third-order valence-electron chi connectivity index (χ3n) is 8.21. The van der Waals surface area contributed by atoms with E-state index in [4.69, 9.17) is 33.2 Å². The molecule has 4 aliphatic heterocycles. The van der Waals surface area contributed by atoms with Gasteiger partial charge in [0.05, 0.1) is 26.4 Å². The molecule has 0 aromatic heterocycles. The van der Waals surface area contributed by atoms with E-state index in [2.05, 4.69) is 0 Å². The van der Waals surface area contributed by atoms with Gasteiger partial charge in [0, 0.05) is 0 Å². The normalized spacial score (nSPS) is 52.9. The van der Waals surface area contributed by atoms with Gasteiger partial charge in [-0.1, -0.05) is 0 Å². The SMILES string of the molecule is OC[C@H]1O[C@@H](O[C@@H]2[C@@H](O)[C@H](O[C@H]3[C@H](O)[C@@H](O)[C@H](O[C@@H]4[C@@H](O)[C@H](O)O[C@H](CO)[C@H]4O)O[C@@H]3CO)O[C@H](CO)[C@H]2O)[C@H](O)[C@@H](O)[C@@H]1O. The molecule has 4 saturated heterocycles. The van der Waals surface area contributed by atoms with Crippen molar-refractivity contribution in [3.63, 3.8) is 0 Å². The van der Waals surface area contributed by atoms with Crippen LogP contribution in [0.2, 0.25) is 0 Å². The molecule has 4 aliphatic rings. The van der Waals surface area contributed by atoms with E-state index >= 15 is 0 Å². The van der Waals surface area contributed by atoms with Gasteiger partial charge in [-0.2, -0.15) is 0 Å². The summed E-state index contributed by atoms with van der Waals surface area (Å²) >= 11 is 0. The van der Waals surface area contributed by atoms with Gasteiger partial charge in [-0.3, -0.25) is 0 Å². The zero-order chi connectivity index (χ0) is 33.3. The van der Waals surface area contributed by atoms with Gasteiger partial charge < -0.3 is 105 Å². The molecule has 0 aromatic rings. The number of aliphatic hydroxyl groups excluding tert-OH is 14. The molecule has 20 atom stereocenters. The smallest absolute Gasteiger partial charge is 0.187 e. The lowest BCUT2D eigenvalue weighted by molar-refractivity contribution is -0.388. The van der Waals surface area contributed by atoms with Crippen molar-refractivity contribution in [1.29, 1.82) is 0 Å². The molecular formula is C24H42O21. The standard InChI is InChI=1S/C24H42O21/c25-1-5-9(29)12(32)14(34)22(40-5)45-20-11(31)7(3-27)41-24(17(20)37)43-18-8(4-28)42-23(15(35)13(18)33)44-19-10(30)6(2-26)39-21(38)16(19)36/h5-38H,1-4H2/t5-,6-,7-,8-,9-,10-,11-,12+,13-,14-,15-,16-,17-,18-,19+,20+,21-,22+,23+,24+/m1/s1. The summed E-state index contributed by atoms with van der Waals surface area (Å²) in [5.41, 5.74) is 0. The van der Waals surface area contributed by atoms with Crippen LogP contribution in [0.4, 0.5) is 0 Å². The zero-order valence-corrected chi connectivity index (χ0v) is 23.5. The van der Waals surface area contributed by atoms with Crippen LogP contribution in [-0.2, 0) is 33.2 Å². The van der Waals surface area contributed by atoms with Crippen LogP contribution < -0.4 is 0 Å². The van der Waals surface area contributed by atoms with Crippen LogP contribution in [0.3, 0.4) is 0 Å². The van der Waals surface area contributed by atoms with E-state index in [-0.39, 0.29) is 0 Å². The summed E-state index contributed by atoms with van der Waals surface area (Å²) < 4.78 is 37.5. The van der Waals surface area contributed by atoms with E-state index in [9.17, 15) is 71.5 Å². The van der Waals surface area contributed by atoms with Crippen molar-refractivity contribution in [2.45, 2.75) is 123 Å². The molecule has 14 N–H and O–H groups in total. The van der Waals surface area contributed by atoms with E-state index < -0.39 is 149 Å². The monoisotopic (exact) mass is 666 g/mol. The van der Waals surface area contributed by atoms with Gasteiger partial charge in [0.25, 0.3) is 0 Å². The second kappa shape index (κ2) is 15.6. The first kappa shape index (κ1) is 37.0. The predicted octanol–water partition coefficient (Wildman–Crippen LogP) is -9.75. The summed E-state index contributed by atoms with van der Waals surface area (Å²) in [4.78, 5) is 0. The predicted molar refractivity (Wildman–Crippen MR) is 134 cm³/mol. The first-order chi connectivity index (χ1) is 21.3. The molecule has 4 rings (SSSR count). The van der Waals surface area contributed by atoms with E-state index in [1.165, 1.54) is 0 Å². The van der Waals surface area contributed by atoms with Crippen LogP contribution in [0.25, 0.3) is 0 Å². The van der Waals surface area contributed by atoms with Crippen LogP contribution in [-0.4, -0.2) is 221 Å². The molecule has 0 aliphatic carbocycles. The molecule has 0 radical (unpaired) electrons. The van der Waals surface area contributed by atoms with Gasteiger partial charge in [0.1, 0.15) is 97.7 Å². The van der Waals surface area contributed by atoms with E-state index in [1.54, 1.807) is 0 Å². The highest BCUT2D eigenvalue weighted by atomic mass is 16.8. The van der Waals surface area contributed by atoms with Gasteiger partial charge in [0.15, 0.2) is 25.2 Å². The molecule has 0 spiro atoms. The summed E-state index contributed by atoms with van der Waals surface area (Å²) in [5, 5.41) is 143. The number of ether oxygens (including phenoxy) is 7. The highest BCUT2D eigenvalue weighted by Crippen LogP contribution is 2.34. The molecule has 0 unspecified atom stereocenters. The Morgan fingerprint density at radius 1 is 0.333 bits per heavy atom. The summed E-state index contributed by atoms with van der Waals surface area (Å²) in [6.45, 7) is -3.40. The minimum Gasteiger partial charge on any atom is -0.394 e. The zero-order valence-electron chi connectivity index (χ0n) is 23.5. The average Bonchev–Trinajstić information content (AvgIpc) is 3.03. The average molecular weight is 667 g/mol. The Morgan fingerprint density at radius 2 is 0.711 bits per heavy atom. The molecule has 4 heterocycles. The van der Waals surface area contributed by atoms with Gasteiger partial charge in [-0.15, -0.1) is 0 Å². The first-order valence-electron chi connectivity index (χ1n) is 14.1. The first-order valence-corrected chi connectivity index (χ1v) is 14.1. The van der Waals surface area contributed by atoms with Crippen molar-refractivity contribution in [2.75, 3.05) is 26.4 Å². The number of hydrogen-bond acceptors (Lipinski definition) is 21. The highest BCUT2D eigenvalue weighted by molar-refractivity contribution is 4.97. The molecule has 0 saturated carbocycles. The van der Waals surface area contributed by atoms with Crippen LogP contribution >= 0.6 is 0 Å². The van der Waals surface area contributed by atoms with Crippen molar-refractivity contribution in [2.24, 2.45) is 0 Å². The lowest BCUT2D eigenvalue weighted by atomic mass is 9.95. The molecule has 4 fully saturated rings. The lowest BCUT2D eigenvalue weighted by Gasteiger charge is -2.49. The molecule has 21 heteroatoms. The van der Waals surface area contributed by atoms with Crippen LogP contribution in [0, 0.1) is 0 Å². The Balaban J connectivity index is 1.48. The minimum absolute atomic E-state index is 0.787. The van der Waals surface area contributed by atoms with Gasteiger partial charge in [0.2, 0.25) is 0 Å². The summed E-state index contributed by atoms with van der Waals surface area (Å²) in [6.07, 6.45) is -35.7. The van der Waals surface area contributed by atoms with Crippen molar-refractivity contribution in [3.05, 3.63) is 0 Å². The van der Waals surface area contributed by atoms with E-state index in [1.807, 2.05) is 0 Å². The number of hydrogen-bond donors (Lipinski definition) is 14. The molecule has 45 heavy (non-hydrogen) atoms. The van der Waals surface area contributed by atoms with Crippen LogP contribution in [0.1, 0.15) is 0 Å². The van der Waals surface area contributed by atoms with E-state index in [0.29, 0.717) is 0 Å². The number of aliphatic hydroxyl groups is 14. The van der Waals surface area contributed by atoms with Crippen molar-refractivity contribution >= 4 is 0 Å². The third-order valence-corrected chi connectivity index (χ3v) is 8.21. The fraction of sp³-hybridized carbons (Fsp3) is 1.00. The van der Waals surface area contributed by atoms with Gasteiger partial charge >= 0.3 is 0 Å². The maximum atomic E-state index is 11.0. The topological polar surface area (TPSA) is 348 Å². The quantitative estimate of drug-likeness (QED) is 0.103. The Bertz CT molecular complexity index is 914. The Hall–Kier alpha value is -0.840. The minimum atomic E-state index is -2.04. The second-order valence-electron chi connectivity index (χ2n) is 11.1. The lowest BCUT2D eigenvalue weighted by Crippen LogP contribution is -2.67. The van der Waals surface area contributed by atoms with Crippen molar-refractivity contribution < 1.29 is 105 Å². The maximum Gasteiger partial charge on any atom is 0.187 e. The largest absolute Gasteiger partial charge is 0.394 e. The highest BCUT2D eigenvalue weighted by Gasteiger charge is 2.55. The maximum absolute atomic E-state index is 11.0. The molecule has 264 valence electrons. The van der Waals surface area contributed by atoms with Crippen LogP contribution in [0.5, 0.6) is 0 Å². The van der Waals surface area contributed by atoms with E-state index in [0.717, 1.165) is 0 Å². The molecular weight excluding hydrogens is 624 g/mol. The summed E-state index contributed by atoms with van der Waals surface area (Å²) in [6, 6.07) is 0. The van der Waals surface area contributed by atoms with Crippen LogP contribution in [0.15, 0.2) is 0 Å². The Labute approximate surface area is 254 Å². The number of rotatable bonds is 10. The third kappa shape index (κ3) is 7.44. The fourth-order valence-electron chi connectivity index (χ4n) is 5.53. The molecule has 21 nitrogen and oxygen atoms in total. The molecule has 0 amide bonds. The molecule has 0 aromatic carbocycles.